The monoisotopic (exact) mass is 360 g/mol. The van der Waals surface area contributed by atoms with E-state index in [-0.39, 0.29) is 5.41 Å². The van der Waals surface area contributed by atoms with E-state index in [4.69, 9.17) is 4.98 Å². The molecule has 2 aromatic heterocycles. The highest BCUT2D eigenvalue weighted by atomic mass is 16.1. The highest BCUT2D eigenvalue weighted by Crippen LogP contribution is 2.49. The minimum Gasteiger partial charge on any atom is -0.300 e. The van der Waals surface area contributed by atoms with Crippen molar-refractivity contribution < 1.29 is 4.79 Å². The van der Waals surface area contributed by atoms with Gasteiger partial charge in [-0.3, -0.25) is 14.0 Å². The van der Waals surface area contributed by atoms with E-state index in [0.29, 0.717) is 24.5 Å². The van der Waals surface area contributed by atoms with Gasteiger partial charge in [-0.05, 0) is 37.3 Å². The summed E-state index contributed by atoms with van der Waals surface area (Å²) >= 11 is 0. The zero-order valence-electron chi connectivity index (χ0n) is 15.9. The van der Waals surface area contributed by atoms with Crippen LogP contribution in [0, 0.1) is 5.92 Å². The number of carbonyl (C=O) groups is 1. The number of ketones is 1. The lowest BCUT2D eigenvalue weighted by Gasteiger charge is -2.43. The molecule has 5 rings (SSSR count). The molecule has 0 bridgehead atoms. The summed E-state index contributed by atoms with van der Waals surface area (Å²) < 4.78 is 4.13. The van der Waals surface area contributed by atoms with Crippen molar-refractivity contribution in [3.8, 4) is 17.1 Å². The second kappa shape index (κ2) is 5.91. The van der Waals surface area contributed by atoms with Crippen LogP contribution in [0.5, 0.6) is 0 Å². The molecule has 0 aliphatic heterocycles. The first-order valence-corrected chi connectivity index (χ1v) is 9.74. The Bertz CT molecular complexity index is 1020. The van der Waals surface area contributed by atoms with Crippen molar-refractivity contribution in [2.75, 3.05) is 0 Å². The maximum atomic E-state index is 12.1. The molecule has 0 amide bonds. The number of rotatable bonds is 2. The first-order chi connectivity index (χ1) is 13.1. The Balaban J connectivity index is 1.74. The van der Waals surface area contributed by atoms with Crippen molar-refractivity contribution in [1.29, 1.82) is 0 Å². The van der Waals surface area contributed by atoms with E-state index in [1.807, 2.05) is 30.2 Å². The summed E-state index contributed by atoms with van der Waals surface area (Å²) in [6, 6.07) is 10.5. The zero-order chi connectivity index (χ0) is 18.6. The van der Waals surface area contributed by atoms with E-state index >= 15 is 0 Å². The highest BCUT2D eigenvalue weighted by molar-refractivity contribution is 5.80. The van der Waals surface area contributed by atoms with Gasteiger partial charge in [0.05, 0.1) is 17.5 Å². The topological polar surface area (TPSA) is 52.7 Å². The molecule has 2 aliphatic carbocycles. The van der Waals surface area contributed by atoms with Gasteiger partial charge in [0.15, 0.2) is 0 Å². The van der Waals surface area contributed by atoms with Gasteiger partial charge in [-0.15, -0.1) is 0 Å². The first kappa shape index (κ1) is 16.5. The van der Waals surface area contributed by atoms with Crippen LogP contribution in [0.3, 0.4) is 0 Å². The third-order valence-electron chi connectivity index (χ3n) is 6.52. The molecule has 2 atom stereocenters. The van der Waals surface area contributed by atoms with Crippen molar-refractivity contribution in [2.24, 2.45) is 13.0 Å². The lowest BCUT2D eigenvalue weighted by molar-refractivity contribution is -0.123. The Morgan fingerprint density at radius 1 is 1.19 bits per heavy atom. The van der Waals surface area contributed by atoms with Crippen LogP contribution < -0.4 is 0 Å². The fourth-order valence-corrected chi connectivity index (χ4v) is 4.98. The molecule has 5 nitrogen and oxygen atoms in total. The summed E-state index contributed by atoms with van der Waals surface area (Å²) in [6.45, 7) is 2.32. The Morgan fingerprint density at radius 2 is 2.00 bits per heavy atom. The van der Waals surface area contributed by atoms with Crippen LogP contribution in [0.15, 0.2) is 42.7 Å². The fraction of sp³-hybridized carbons (Fsp3) is 0.409. The number of aryl methyl sites for hydroxylation is 1. The number of imidazole rings is 1. The SMILES string of the molecule is Cn1cc(-c2nc3c(n2-c2ccccc2)CCC2CC(=O)CC[C@]32C)cn1. The number of Topliss-reactive ketones (excluding diaryl/α,β-unsaturated/α-hetero) is 1. The van der Waals surface area contributed by atoms with Crippen LogP contribution in [0.4, 0.5) is 0 Å². The summed E-state index contributed by atoms with van der Waals surface area (Å²) in [5.74, 6) is 1.78. The van der Waals surface area contributed by atoms with Crippen molar-refractivity contribution in [3.05, 3.63) is 54.1 Å². The number of hydrogen-bond acceptors (Lipinski definition) is 3. The standard InChI is InChI=1S/C22H24N4O/c1-22-11-10-18(27)12-16(22)8-9-19-20(22)24-21(15-13-23-25(2)14-15)26(19)17-6-4-3-5-7-17/h3-7,13-14,16H,8-12H2,1-2H3/t16?,22-/m0/s1. The van der Waals surface area contributed by atoms with Gasteiger partial charge in [0.1, 0.15) is 11.6 Å². The highest BCUT2D eigenvalue weighted by Gasteiger charge is 2.47. The maximum absolute atomic E-state index is 12.1. The molecule has 27 heavy (non-hydrogen) atoms. The molecular formula is C22H24N4O. The second-order valence-corrected chi connectivity index (χ2v) is 8.20. The Morgan fingerprint density at radius 3 is 2.74 bits per heavy atom. The lowest BCUT2D eigenvalue weighted by atomic mass is 9.60. The molecule has 2 aliphatic rings. The van der Waals surface area contributed by atoms with Gasteiger partial charge in [0, 0.05) is 42.9 Å². The van der Waals surface area contributed by atoms with E-state index in [9.17, 15) is 4.79 Å². The van der Waals surface area contributed by atoms with Crippen molar-refractivity contribution >= 4 is 5.78 Å². The molecule has 0 N–H and O–H groups in total. The van der Waals surface area contributed by atoms with E-state index in [1.165, 1.54) is 11.4 Å². The van der Waals surface area contributed by atoms with Crippen LogP contribution in [-0.2, 0) is 23.7 Å². The van der Waals surface area contributed by atoms with Gasteiger partial charge >= 0.3 is 0 Å². The summed E-state index contributed by atoms with van der Waals surface area (Å²) in [7, 11) is 1.93. The third kappa shape index (κ3) is 2.48. The minimum absolute atomic E-state index is 0.0154. The number of fused-ring (bicyclic) bond motifs is 3. The third-order valence-corrected chi connectivity index (χ3v) is 6.52. The summed E-state index contributed by atoms with van der Waals surface area (Å²) in [4.78, 5) is 17.2. The number of carbonyl (C=O) groups excluding carboxylic acids is 1. The van der Waals surface area contributed by atoms with Gasteiger partial charge in [0.2, 0.25) is 0 Å². The van der Waals surface area contributed by atoms with Crippen LogP contribution >= 0.6 is 0 Å². The van der Waals surface area contributed by atoms with E-state index in [2.05, 4.69) is 40.9 Å². The predicted octanol–water partition coefficient (Wildman–Crippen LogP) is 3.85. The number of benzene rings is 1. The van der Waals surface area contributed by atoms with Crippen LogP contribution in [-0.4, -0.2) is 25.1 Å². The van der Waals surface area contributed by atoms with Gasteiger partial charge in [-0.2, -0.15) is 5.10 Å². The lowest BCUT2D eigenvalue weighted by Crippen LogP contribution is -2.42. The van der Waals surface area contributed by atoms with Crippen LogP contribution in [0.1, 0.15) is 44.0 Å². The summed E-state index contributed by atoms with van der Waals surface area (Å²) in [6.07, 6.45) is 8.21. The molecular weight excluding hydrogens is 336 g/mol. The van der Waals surface area contributed by atoms with Gasteiger partial charge < -0.3 is 0 Å². The van der Waals surface area contributed by atoms with Crippen molar-refractivity contribution in [2.45, 2.75) is 44.4 Å². The summed E-state index contributed by atoms with van der Waals surface area (Å²) in [5.41, 5.74) is 4.64. The molecule has 2 heterocycles. The largest absolute Gasteiger partial charge is 0.300 e. The molecule has 1 unspecified atom stereocenters. The minimum atomic E-state index is -0.0154. The second-order valence-electron chi connectivity index (χ2n) is 8.20. The molecule has 0 radical (unpaired) electrons. The van der Waals surface area contributed by atoms with Gasteiger partial charge in [-0.1, -0.05) is 25.1 Å². The quantitative estimate of drug-likeness (QED) is 0.698. The summed E-state index contributed by atoms with van der Waals surface area (Å²) in [5, 5.41) is 4.36. The number of para-hydroxylation sites is 1. The number of aromatic nitrogens is 4. The molecule has 0 spiro atoms. The smallest absolute Gasteiger partial charge is 0.148 e. The molecule has 1 fully saturated rings. The fourth-order valence-electron chi connectivity index (χ4n) is 4.98. The number of nitrogens with zero attached hydrogens (tertiary/aromatic N) is 4. The van der Waals surface area contributed by atoms with Crippen molar-refractivity contribution in [1.82, 2.24) is 19.3 Å². The normalized spacial score (nSPS) is 24.5. The van der Waals surface area contributed by atoms with Crippen molar-refractivity contribution in [3.63, 3.8) is 0 Å². The van der Waals surface area contributed by atoms with Crippen LogP contribution in [0.25, 0.3) is 17.1 Å². The van der Waals surface area contributed by atoms with Gasteiger partial charge in [-0.25, -0.2) is 4.98 Å². The van der Waals surface area contributed by atoms with E-state index in [0.717, 1.165) is 36.3 Å². The Kier molecular flexibility index (Phi) is 3.61. The molecule has 5 heteroatoms. The zero-order valence-corrected chi connectivity index (χ0v) is 15.9. The van der Waals surface area contributed by atoms with E-state index < -0.39 is 0 Å². The Hall–Kier alpha value is -2.69. The van der Waals surface area contributed by atoms with E-state index in [1.54, 1.807) is 0 Å². The molecule has 0 saturated heterocycles. The molecule has 1 saturated carbocycles. The Labute approximate surface area is 159 Å². The number of hydrogen-bond donors (Lipinski definition) is 0. The van der Waals surface area contributed by atoms with Crippen LogP contribution in [0.2, 0.25) is 0 Å². The first-order valence-electron chi connectivity index (χ1n) is 9.74. The molecule has 3 aromatic rings. The molecule has 138 valence electrons. The maximum Gasteiger partial charge on any atom is 0.148 e. The predicted molar refractivity (Wildman–Crippen MR) is 104 cm³/mol. The average Bonchev–Trinajstić information content (AvgIpc) is 3.27. The molecule has 1 aromatic carbocycles. The average molecular weight is 360 g/mol. The van der Waals surface area contributed by atoms with Gasteiger partial charge in [0.25, 0.3) is 0 Å².